The number of pyridine rings is 2. The second-order valence-corrected chi connectivity index (χ2v) is 9.02. The van der Waals surface area contributed by atoms with Crippen molar-refractivity contribution in [2.24, 2.45) is 0 Å². The molecule has 0 fully saturated rings. The van der Waals surface area contributed by atoms with Crippen LogP contribution in [0.25, 0.3) is 10.9 Å². The lowest BCUT2D eigenvalue weighted by atomic mass is 10.1. The number of anilines is 2. The third-order valence-corrected chi connectivity index (χ3v) is 5.29. The minimum Gasteiger partial charge on any atom is -0.384 e. The lowest BCUT2D eigenvalue weighted by Crippen LogP contribution is -2.35. The smallest absolute Gasteiger partial charge is 0.254 e. The summed E-state index contributed by atoms with van der Waals surface area (Å²) in [6.45, 7) is 0.488. The van der Waals surface area contributed by atoms with Crippen molar-refractivity contribution >= 4 is 38.2 Å². The molecule has 0 aliphatic carbocycles. The van der Waals surface area contributed by atoms with E-state index in [2.05, 4.69) is 9.97 Å². The number of nitrogens with zero attached hydrogens (tertiary/aromatic N) is 3. The first kappa shape index (κ1) is 21.6. The molecular formula is C20H20F2N4O3S. The monoisotopic (exact) mass is 434 g/mol. The maximum Gasteiger partial charge on any atom is 0.254 e. The van der Waals surface area contributed by atoms with E-state index in [0.29, 0.717) is 23.8 Å². The van der Waals surface area contributed by atoms with E-state index < -0.39 is 28.1 Å². The van der Waals surface area contributed by atoms with Crippen molar-refractivity contribution in [1.82, 2.24) is 9.97 Å². The van der Waals surface area contributed by atoms with E-state index in [-0.39, 0.29) is 17.3 Å². The number of alkyl halides is 2. The Kier molecular flexibility index (Phi) is 5.71. The van der Waals surface area contributed by atoms with E-state index in [4.69, 9.17) is 5.73 Å². The predicted molar refractivity (Wildman–Crippen MR) is 110 cm³/mol. The van der Waals surface area contributed by atoms with Crippen LogP contribution >= 0.6 is 0 Å². The summed E-state index contributed by atoms with van der Waals surface area (Å²) in [5.74, 6) is -3.88. The van der Waals surface area contributed by atoms with Crippen molar-refractivity contribution in [3.63, 3.8) is 0 Å². The van der Waals surface area contributed by atoms with Crippen LogP contribution in [0.15, 0.2) is 53.7 Å². The van der Waals surface area contributed by atoms with Crippen molar-refractivity contribution < 1.29 is 22.0 Å². The fourth-order valence-electron chi connectivity index (χ4n) is 3.00. The molecule has 2 aromatic heterocycles. The van der Waals surface area contributed by atoms with Crippen LogP contribution in [-0.2, 0) is 21.2 Å². The molecule has 2 N–H and O–H groups in total. The lowest BCUT2D eigenvalue weighted by Gasteiger charge is -2.25. The van der Waals surface area contributed by atoms with Gasteiger partial charge < -0.3 is 10.6 Å². The Morgan fingerprint density at radius 1 is 1.20 bits per heavy atom. The fraction of sp³-hybridized carbons (Fsp3) is 0.250. The van der Waals surface area contributed by atoms with Crippen molar-refractivity contribution in [3.8, 4) is 0 Å². The Morgan fingerprint density at radius 3 is 2.57 bits per heavy atom. The molecule has 30 heavy (non-hydrogen) atoms. The van der Waals surface area contributed by atoms with Crippen LogP contribution in [-0.4, -0.2) is 36.5 Å². The van der Waals surface area contributed by atoms with Crippen molar-refractivity contribution in [3.05, 3.63) is 54.2 Å². The Labute approximate surface area is 172 Å². The van der Waals surface area contributed by atoms with Gasteiger partial charge in [-0.25, -0.2) is 27.2 Å². The SMILES string of the molecule is CC(F)(F)CC(=O)N(Cc1ccc2ccc(N)nc2c1)c1cccnc1S(C)(=O)=O. The van der Waals surface area contributed by atoms with Gasteiger partial charge in [-0.2, -0.15) is 0 Å². The first-order chi connectivity index (χ1) is 13.9. The quantitative estimate of drug-likeness (QED) is 0.639. The fourth-order valence-corrected chi connectivity index (χ4v) is 3.81. The van der Waals surface area contributed by atoms with Crippen LogP contribution in [0.3, 0.4) is 0 Å². The molecule has 0 radical (unpaired) electrons. The summed E-state index contributed by atoms with van der Waals surface area (Å²) in [7, 11) is -3.81. The highest BCUT2D eigenvalue weighted by atomic mass is 32.2. The second-order valence-electron chi connectivity index (χ2n) is 7.09. The van der Waals surface area contributed by atoms with Gasteiger partial charge in [-0.15, -0.1) is 0 Å². The Morgan fingerprint density at radius 2 is 1.90 bits per heavy atom. The molecule has 0 saturated carbocycles. The molecule has 7 nitrogen and oxygen atoms in total. The van der Waals surface area contributed by atoms with E-state index in [1.54, 1.807) is 30.3 Å². The van der Waals surface area contributed by atoms with E-state index in [1.807, 2.05) is 0 Å². The van der Waals surface area contributed by atoms with Gasteiger partial charge in [0.2, 0.25) is 5.91 Å². The topological polar surface area (TPSA) is 106 Å². The number of aromatic nitrogens is 2. The number of sulfone groups is 1. The van der Waals surface area contributed by atoms with E-state index in [9.17, 15) is 22.0 Å². The van der Waals surface area contributed by atoms with Gasteiger partial charge in [0.25, 0.3) is 5.92 Å². The Hall–Kier alpha value is -3.14. The third-order valence-electron chi connectivity index (χ3n) is 4.27. The number of carbonyl (C=O) groups is 1. The summed E-state index contributed by atoms with van der Waals surface area (Å²) < 4.78 is 51.5. The summed E-state index contributed by atoms with van der Waals surface area (Å²) in [5.41, 5.74) is 6.79. The average Bonchev–Trinajstić information content (AvgIpc) is 2.63. The van der Waals surface area contributed by atoms with Crippen molar-refractivity contribution in [2.75, 3.05) is 16.9 Å². The highest BCUT2D eigenvalue weighted by Gasteiger charge is 2.31. The normalized spacial score (nSPS) is 12.1. The molecule has 0 unspecified atom stereocenters. The largest absolute Gasteiger partial charge is 0.384 e. The van der Waals surface area contributed by atoms with Crippen LogP contribution < -0.4 is 10.6 Å². The van der Waals surface area contributed by atoms with Gasteiger partial charge in [0, 0.05) is 17.8 Å². The molecule has 3 rings (SSSR count). The highest BCUT2D eigenvalue weighted by Crippen LogP contribution is 2.28. The van der Waals surface area contributed by atoms with Crippen molar-refractivity contribution in [2.45, 2.75) is 30.8 Å². The molecule has 3 aromatic rings. The summed E-state index contributed by atoms with van der Waals surface area (Å²) in [6, 6.07) is 11.4. The van der Waals surface area contributed by atoms with E-state index in [0.717, 1.165) is 16.5 Å². The minimum atomic E-state index is -3.81. The first-order valence-electron chi connectivity index (χ1n) is 8.92. The number of benzene rings is 1. The molecule has 0 atom stereocenters. The van der Waals surface area contributed by atoms with Gasteiger partial charge in [0.05, 0.1) is 24.2 Å². The van der Waals surface area contributed by atoms with Gasteiger partial charge in [0.15, 0.2) is 14.9 Å². The molecule has 0 aliphatic rings. The van der Waals surface area contributed by atoms with Crippen LogP contribution in [0.4, 0.5) is 20.3 Å². The Balaban J connectivity index is 2.08. The van der Waals surface area contributed by atoms with Crippen LogP contribution in [0.2, 0.25) is 0 Å². The Bertz CT molecular complexity index is 1210. The molecule has 0 aliphatic heterocycles. The molecule has 1 aromatic carbocycles. The van der Waals surface area contributed by atoms with Crippen molar-refractivity contribution in [1.29, 1.82) is 0 Å². The lowest BCUT2D eigenvalue weighted by molar-refractivity contribution is -0.124. The first-order valence-corrected chi connectivity index (χ1v) is 10.8. The zero-order chi connectivity index (χ0) is 22.1. The summed E-state index contributed by atoms with van der Waals surface area (Å²) in [4.78, 5) is 21.8. The van der Waals surface area contributed by atoms with Crippen LogP contribution in [0.1, 0.15) is 18.9 Å². The number of nitrogens with two attached hydrogens (primary N) is 1. The number of amides is 1. The van der Waals surface area contributed by atoms with Crippen LogP contribution in [0.5, 0.6) is 0 Å². The number of halogens is 2. The van der Waals surface area contributed by atoms with Crippen LogP contribution in [0, 0.1) is 0 Å². The zero-order valence-electron chi connectivity index (χ0n) is 16.3. The van der Waals surface area contributed by atoms with Gasteiger partial charge >= 0.3 is 0 Å². The molecule has 0 spiro atoms. The molecule has 2 heterocycles. The summed E-state index contributed by atoms with van der Waals surface area (Å²) in [5, 5.41) is 0.449. The van der Waals surface area contributed by atoms with Gasteiger partial charge in [0.1, 0.15) is 5.82 Å². The molecule has 0 bridgehead atoms. The number of hydrogen-bond acceptors (Lipinski definition) is 6. The zero-order valence-corrected chi connectivity index (χ0v) is 17.2. The average molecular weight is 434 g/mol. The van der Waals surface area contributed by atoms with E-state index in [1.165, 1.54) is 18.3 Å². The number of fused-ring (bicyclic) bond motifs is 1. The third kappa shape index (κ3) is 5.07. The molecular weight excluding hydrogens is 414 g/mol. The standard InChI is InChI=1S/C20H20F2N4O3S/c1-20(21,22)11-18(27)26(16-4-3-9-24-19(16)30(2,28)29)12-13-5-6-14-7-8-17(23)25-15(14)10-13/h3-10H,11-12H2,1-2H3,(H2,23,25). The maximum absolute atomic E-state index is 13.6. The van der Waals surface area contributed by atoms with E-state index >= 15 is 0 Å². The predicted octanol–water partition coefficient (Wildman–Crippen LogP) is 3.19. The molecule has 0 saturated heterocycles. The molecule has 1 amide bonds. The number of hydrogen-bond donors (Lipinski definition) is 1. The van der Waals surface area contributed by atoms with Gasteiger partial charge in [-0.3, -0.25) is 4.79 Å². The summed E-state index contributed by atoms with van der Waals surface area (Å²) >= 11 is 0. The highest BCUT2D eigenvalue weighted by molar-refractivity contribution is 7.90. The second kappa shape index (κ2) is 7.94. The number of carbonyl (C=O) groups excluding carboxylic acids is 1. The molecule has 10 heteroatoms. The molecule has 158 valence electrons. The van der Waals surface area contributed by atoms with Gasteiger partial charge in [-0.05, 0) is 42.8 Å². The number of nitrogen functional groups attached to an aromatic ring is 1. The van der Waals surface area contributed by atoms with Gasteiger partial charge in [-0.1, -0.05) is 12.1 Å². The minimum absolute atomic E-state index is 0.0603. The number of rotatable bonds is 6. The maximum atomic E-state index is 13.6. The summed E-state index contributed by atoms with van der Waals surface area (Å²) in [6.07, 6.45) is 1.13.